The molecule has 2 N–H and O–H groups in total. The molecule has 0 bridgehead atoms. The lowest BCUT2D eigenvalue weighted by atomic mass is 9.87. The average Bonchev–Trinajstić information content (AvgIpc) is 2.08. The second-order valence-corrected chi connectivity index (χ2v) is 5.46. The van der Waals surface area contributed by atoms with Gasteiger partial charge in [0, 0.05) is 10.8 Å². The molecule has 1 rings (SSSR count). The summed E-state index contributed by atoms with van der Waals surface area (Å²) in [5.74, 6) is 2.01. The fourth-order valence-corrected chi connectivity index (χ4v) is 3.24. The van der Waals surface area contributed by atoms with E-state index in [4.69, 9.17) is 5.73 Å². The largest absolute Gasteiger partial charge is 0.328 e. The highest BCUT2D eigenvalue weighted by Crippen LogP contribution is 2.43. The Morgan fingerprint density at radius 3 is 2.40 bits per heavy atom. The van der Waals surface area contributed by atoms with Gasteiger partial charge in [0.1, 0.15) is 0 Å². The summed E-state index contributed by atoms with van der Waals surface area (Å²) in [5, 5.41) is 0. The Balaban J connectivity index is 2.59. The molecule has 0 radical (unpaired) electrons. The number of thioether (sulfide) groups is 1. The van der Waals surface area contributed by atoms with Gasteiger partial charge in [-0.3, -0.25) is 0 Å². The normalized spacial score (nSPS) is 34.2. The van der Waals surface area contributed by atoms with Crippen molar-refractivity contribution in [3.05, 3.63) is 0 Å². The summed E-state index contributed by atoms with van der Waals surface area (Å²) in [5.41, 5.74) is 5.86. The molecule has 1 nitrogen and oxygen atoms in total. The zero-order valence-electron chi connectivity index (χ0n) is 7.05. The first-order valence-electron chi connectivity index (χ1n) is 3.93. The molecule has 1 unspecified atom stereocenters. The van der Waals surface area contributed by atoms with Gasteiger partial charge in [-0.1, -0.05) is 13.8 Å². The number of hydrogen-bond donors (Lipinski definition) is 1. The Kier molecular flexibility index (Phi) is 2.31. The molecule has 0 aliphatic carbocycles. The average molecular weight is 159 g/mol. The first-order valence-corrected chi connectivity index (χ1v) is 4.92. The summed E-state index contributed by atoms with van der Waals surface area (Å²) in [6, 6.07) is 0.366. The Morgan fingerprint density at radius 2 is 2.20 bits per heavy atom. The van der Waals surface area contributed by atoms with Crippen LogP contribution in [0.4, 0.5) is 0 Å². The van der Waals surface area contributed by atoms with Crippen molar-refractivity contribution in [2.45, 2.75) is 38.0 Å². The zero-order chi connectivity index (χ0) is 7.78. The van der Waals surface area contributed by atoms with Gasteiger partial charge in [0.15, 0.2) is 0 Å². The first kappa shape index (κ1) is 8.41. The topological polar surface area (TPSA) is 26.0 Å². The van der Waals surface area contributed by atoms with Gasteiger partial charge in [-0.2, -0.15) is 11.8 Å². The fourth-order valence-electron chi connectivity index (χ4n) is 1.80. The molecule has 2 heteroatoms. The first-order chi connectivity index (χ1) is 4.54. The van der Waals surface area contributed by atoms with Gasteiger partial charge in [0.05, 0.1) is 0 Å². The molecule has 60 valence electrons. The van der Waals surface area contributed by atoms with Crippen LogP contribution in [0.5, 0.6) is 0 Å². The molecule has 0 amide bonds. The maximum atomic E-state index is 5.86. The third kappa shape index (κ3) is 1.48. The van der Waals surface area contributed by atoms with E-state index in [0.29, 0.717) is 10.8 Å². The highest BCUT2D eigenvalue weighted by atomic mass is 32.2. The summed E-state index contributed by atoms with van der Waals surface area (Å²) < 4.78 is 0.425. The molecule has 1 aliphatic rings. The molecule has 0 aromatic heterocycles. The van der Waals surface area contributed by atoms with Crippen LogP contribution >= 0.6 is 11.8 Å². The van der Waals surface area contributed by atoms with Gasteiger partial charge in [-0.25, -0.2) is 0 Å². The highest BCUT2D eigenvalue weighted by Gasteiger charge is 2.37. The van der Waals surface area contributed by atoms with E-state index >= 15 is 0 Å². The van der Waals surface area contributed by atoms with Crippen LogP contribution in [0, 0.1) is 5.92 Å². The predicted octanol–water partition coefficient (Wildman–Crippen LogP) is 1.87. The molecule has 1 aliphatic heterocycles. The van der Waals surface area contributed by atoms with Crippen molar-refractivity contribution in [1.29, 1.82) is 0 Å². The van der Waals surface area contributed by atoms with Gasteiger partial charge in [-0.05, 0) is 25.0 Å². The van der Waals surface area contributed by atoms with Crippen LogP contribution in [0.1, 0.15) is 27.2 Å². The summed E-state index contributed by atoms with van der Waals surface area (Å²) in [4.78, 5) is 0. The van der Waals surface area contributed by atoms with E-state index < -0.39 is 0 Å². The van der Waals surface area contributed by atoms with Crippen molar-refractivity contribution in [3.63, 3.8) is 0 Å². The van der Waals surface area contributed by atoms with Crippen LogP contribution in [0.3, 0.4) is 0 Å². The monoisotopic (exact) mass is 159 g/mol. The van der Waals surface area contributed by atoms with E-state index in [2.05, 4.69) is 32.5 Å². The minimum absolute atomic E-state index is 0.366. The molecule has 2 atom stereocenters. The standard InChI is InChI=1S/C8H17NS/c1-6(9)7-4-5-10-8(7,2)3/h6-7H,4-5,9H2,1-3H3/t6-,7?/m0/s1. The van der Waals surface area contributed by atoms with Crippen molar-refractivity contribution in [2.75, 3.05) is 5.75 Å². The Labute approximate surface area is 67.8 Å². The van der Waals surface area contributed by atoms with E-state index in [1.807, 2.05) is 0 Å². The maximum absolute atomic E-state index is 5.86. The number of hydrogen-bond acceptors (Lipinski definition) is 2. The maximum Gasteiger partial charge on any atom is 0.0146 e. The third-order valence-electron chi connectivity index (χ3n) is 2.43. The van der Waals surface area contributed by atoms with Gasteiger partial charge in [0.25, 0.3) is 0 Å². The molecule has 1 saturated heterocycles. The lowest BCUT2D eigenvalue weighted by Gasteiger charge is -2.28. The van der Waals surface area contributed by atoms with Gasteiger partial charge >= 0.3 is 0 Å². The van der Waals surface area contributed by atoms with Gasteiger partial charge < -0.3 is 5.73 Å². The van der Waals surface area contributed by atoms with Crippen LogP contribution in [0.2, 0.25) is 0 Å². The summed E-state index contributed by atoms with van der Waals surface area (Å²) in [7, 11) is 0. The molecule has 10 heavy (non-hydrogen) atoms. The summed E-state index contributed by atoms with van der Waals surface area (Å²) in [6.45, 7) is 6.73. The lowest BCUT2D eigenvalue weighted by Crippen LogP contribution is -2.36. The molecular formula is C8H17NS. The quantitative estimate of drug-likeness (QED) is 0.632. The van der Waals surface area contributed by atoms with Crippen LogP contribution in [-0.4, -0.2) is 16.5 Å². The fraction of sp³-hybridized carbons (Fsp3) is 1.00. The van der Waals surface area contributed by atoms with Crippen molar-refractivity contribution in [3.8, 4) is 0 Å². The lowest BCUT2D eigenvalue weighted by molar-refractivity contribution is 0.374. The van der Waals surface area contributed by atoms with Crippen LogP contribution in [-0.2, 0) is 0 Å². The minimum atomic E-state index is 0.366. The van der Waals surface area contributed by atoms with Crippen molar-refractivity contribution in [2.24, 2.45) is 11.7 Å². The Morgan fingerprint density at radius 1 is 1.60 bits per heavy atom. The minimum Gasteiger partial charge on any atom is -0.328 e. The van der Waals surface area contributed by atoms with Crippen LogP contribution in [0.15, 0.2) is 0 Å². The second kappa shape index (κ2) is 2.74. The predicted molar refractivity (Wildman–Crippen MR) is 48.3 cm³/mol. The molecule has 0 spiro atoms. The molecular weight excluding hydrogens is 142 g/mol. The van der Waals surface area contributed by atoms with Gasteiger partial charge in [0.2, 0.25) is 0 Å². The zero-order valence-corrected chi connectivity index (χ0v) is 7.87. The second-order valence-electron chi connectivity index (χ2n) is 3.71. The van der Waals surface area contributed by atoms with E-state index in [-0.39, 0.29) is 0 Å². The van der Waals surface area contributed by atoms with E-state index in [1.54, 1.807) is 0 Å². The van der Waals surface area contributed by atoms with Crippen molar-refractivity contribution < 1.29 is 0 Å². The smallest absolute Gasteiger partial charge is 0.0146 e. The number of nitrogens with two attached hydrogens (primary N) is 1. The Bertz CT molecular complexity index is 120. The van der Waals surface area contributed by atoms with Crippen LogP contribution < -0.4 is 5.73 Å². The summed E-state index contributed by atoms with van der Waals surface area (Å²) >= 11 is 2.06. The van der Waals surface area contributed by atoms with Crippen molar-refractivity contribution in [1.82, 2.24) is 0 Å². The van der Waals surface area contributed by atoms with Crippen LogP contribution in [0.25, 0.3) is 0 Å². The van der Waals surface area contributed by atoms with E-state index in [1.165, 1.54) is 12.2 Å². The highest BCUT2D eigenvalue weighted by molar-refractivity contribution is 8.00. The van der Waals surface area contributed by atoms with Crippen molar-refractivity contribution >= 4 is 11.8 Å². The molecule has 1 heterocycles. The Hall–Kier alpha value is 0.310. The number of rotatable bonds is 1. The summed E-state index contributed by atoms with van der Waals surface area (Å²) in [6.07, 6.45) is 1.30. The molecule has 1 fully saturated rings. The molecule has 0 saturated carbocycles. The van der Waals surface area contributed by atoms with E-state index in [0.717, 1.165) is 5.92 Å². The third-order valence-corrected chi connectivity index (χ3v) is 3.92. The van der Waals surface area contributed by atoms with Gasteiger partial charge in [-0.15, -0.1) is 0 Å². The van der Waals surface area contributed by atoms with E-state index in [9.17, 15) is 0 Å². The molecule has 0 aromatic carbocycles. The molecule has 0 aromatic rings. The SMILES string of the molecule is C[C@H](N)C1CCSC1(C)C.